The number of nitrogens with zero attached hydrogens (tertiary/aromatic N) is 1. The van der Waals surface area contributed by atoms with Gasteiger partial charge in [0.2, 0.25) is 0 Å². The Morgan fingerprint density at radius 3 is 2.43 bits per heavy atom. The van der Waals surface area contributed by atoms with Crippen molar-refractivity contribution in [3.63, 3.8) is 0 Å². The molecular weight excluding hydrogens is 291 g/mol. The molecule has 0 aliphatic rings. The lowest BCUT2D eigenvalue weighted by Gasteiger charge is -2.09. The molecule has 0 amide bonds. The van der Waals surface area contributed by atoms with E-state index in [0.29, 0.717) is 22.0 Å². The number of hydrogen-bond donors (Lipinski definition) is 1. The predicted octanol–water partition coefficient (Wildman–Crippen LogP) is 3.84. The molecule has 0 saturated carbocycles. The SMILES string of the molecule is COc1cc2[nH]c(=S)n(-c3ccccc3F)c2cc1OC. The number of imidazole rings is 1. The molecule has 21 heavy (non-hydrogen) atoms. The Morgan fingerprint density at radius 2 is 1.76 bits per heavy atom. The van der Waals surface area contributed by atoms with Crippen LogP contribution in [0.15, 0.2) is 36.4 Å². The lowest BCUT2D eigenvalue weighted by molar-refractivity contribution is 0.355. The van der Waals surface area contributed by atoms with Gasteiger partial charge in [-0.3, -0.25) is 4.57 Å². The molecule has 2 aromatic carbocycles. The molecule has 0 unspecified atom stereocenters. The molecule has 4 nitrogen and oxygen atoms in total. The molecule has 3 rings (SSSR count). The Hall–Kier alpha value is -2.34. The largest absolute Gasteiger partial charge is 0.493 e. The van der Waals surface area contributed by atoms with Gasteiger partial charge in [0.1, 0.15) is 5.82 Å². The van der Waals surface area contributed by atoms with Gasteiger partial charge in [-0.2, -0.15) is 0 Å². The van der Waals surface area contributed by atoms with Crippen LogP contribution >= 0.6 is 12.2 Å². The number of hydrogen-bond acceptors (Lipinski definition) is 3. The van der Waals surface area contributed by atoms with Crippen molar-refractivity contribution in [2.24, 2.45) is 0 Å². The summed E-state index contributed by atoms with van der Waals surface area (Å²) in [5, 5.41) is 0. The number of methoxy groups -OCH3 is 2. The number of para-hydroxylation sites is 1. The van der Waals surface area contributed by atoms with Gasteiger partial charge in [0.05, 0.1) is 30.9 Å². The maximum absolute atomic E-state index is 14.1. The van der Waals surface area contributed by atoms with Crippen molar-refractivity contribution in [3.8, 4) is 17.2 Å². The van der Waals surface area contributed by atoms with E-state index in [9.17, 15) is 4.39 Å². The van der Waals surface area contributed by atoms with Gasteiger partial charge in [0, 0.05) is 12.1 Å². The van der Waals surface area contributed by atoms with Crippen molar-refractivity contribution in [1.82, 2.24) is 9.55 Å². The highest BCUT2D eigenvalue weighted by atomic mass is 32.1. The zero-order chi connectivity index (χ0) is 15.0. The molecule has 0 radical (unpaired) electrons. The van der Waals surface area contributed by atoms with Crippen LogP contribution in [-0.2, 0) is 0 Å². The Balaban J connectivity index is 2.36. The van der Waals surface area contributed by atoms with E-state index in [4.69, 9.17) is 21.7 Å². The number of fused-ring (bicyclic) bond motifs is 1. The predicted molar refractivity (Wildman–Crippen MR) is 81.5 cm³/mol. The molecule has 0 aliphatic heterocycles. The van der Waals surface area contributed by atoms with E-state index in [1.165, 1.54) is 6.07 Å². The maximum atomic E-state index is 14.1. The number of H-pyrrole nitrogens is 1. The summed E-state index contributed by atoms with van der Waals surface area (Å²) in [6, 6.07) is 10.0. The summed E-state index contributed by atoms with van der Waals surface area (Å²) >= 11 is 5.31. The van der Waals surface area contributed by atoms with E-state index in [1.807, 2.05) is 0 Å². The third-order valence-corrected chi connectivity index (χ3v) is 3.57. The van der Waals surface area contributed by atoms with Gasteiger partial charge in [-0.15, -0.1) is 0 Å². The summed E-state index contributed by atoms with van der Waals surface area (Å²) in [5.41, 5.74) is 1.87. The second-order valence-electron chi connectivity index (χ2n) is 4.44. The van der Waals surface area contributed by atoms with Crippen molar-refractivity contribution in [2.75, 3.05) is 14.2 Å². The van der Waals surface area contributed by atoms with E-state index in [0.717, 1.165) is 11.0 Å². The van der Waals surface area contributed by atoms with Crippen LogP contribution in [0.4, 0.5) is 4.39 Å². The van der Waals surface area contributed by atoms with Crippen molar-refractivity contribution in [1.29, 1.82) is 0 Å². The molecule has 108 valence electrons. The fraction of sp³-hybridized carbons (Fsp3) is 0.133. The number of benzene rings is 2. The van der Waals surface area contributed by atoms with Crippen LogP contribution in [0.2, 0.25) is 0 Å². The number of ether oxygens (including phenoxy) is 2. The molecule has 0 aliphatic carbocycles. The molecule has 0 fully saturated rings. The molecule has 0 spiro atoms. The molecule has 0 bridgehead atoms. The van der Waals surface area contributed by atoms with E-state index in [2.05, 4.69) is 4.98 Å². The second-order valence-corrected chi connectivity index (χ2v) is 4.83. The Bertz CT molecular complexity index is 870. The summed E-state index contributed by atoms with van der Waals surface area (Å²) in [4.78, 5) is 3.05. The lowest BCUT2D eigenvalue weighted by Crippen LogP contribution is -1.98. The average molecular weight is 304 g/mol. The Labute approximate surface area is 125 Å². The summed E-state index contributed by atoms with van der Waals surface area (Å²) in [6.07, 6.45) is 0. The van der Waals surface area contributed by atoms with E-state index < -0.39 is 0 Å². The minimum atomic E-state index is -0.343. The normalized spacial score (nSPS) is 10.8. The third kappa shape index (κ3) is 2.17. The van der Waals surface area contributed by atoms with Crippen LogP contribution in [0.25, 0.3) is 16.7 Å². The minimum Gasteiger partial charge on any atom is -0.493 e. The monoisotopic (exact) mass is 304 g/mol. The van der Waals surface area contributed by atoms with E-state index in [-0.39, 0.29) is 5.82 Å². The first-order chi connectivity index (χ1) is 10.2. The first-order valence-corrected chi connectivity index (χ1v) is 6.68. The quantitative estimate of drug-likeness (QED) is 0.747. The van der Waals surface area contributed by atoms with Crippen molar-refractivity contribution in [3.05, 3.63) is 47.0 Å². The lowest BCUT2D eigenvalue weighted by atomic mass is 10.2. The molecule has 0 atom stereocenters. The van der Waals surface area contributed by atoms with Gasteiger partial charge < -0.3 is 14.5 Å². The van der Waals surface area contributed by atoms with Gasteiger partial charge in [-0.05, 0) is 24.4 Å². The highest BCUT2D eigenvalue weighted by molar-refractivity contribution is 7.71. The van der Waals surface area contributed by atoms with Crippen LogP contribution in [0.5, 0.6) is 11.5 Å². The molecule has 1 heterocycles. The molecular formula is C15H13FN2O2S. The van der Waals surface area contributed by atoms with Crippen LogP contribution in [0.1, 0.15) is 0 Å². The van der Waals surface area contributed by atoms with Gasteiger partial charge in [0.25, 0.3) is 0 Å². The number of rotatable bonds is 3. The fourth-order valence-electron chi connectivity index (χ4n) is 2.31. The van der Waals surface area contributed by atoms with Crippen LogP contribution in [0.3, 0.4) is 0 Å². The maximum Gasteiger partial charge on any atom is 0.182 e. The number of aromatic amines is 1. The van der Waals surface area contributed by atoms with E-state index >= 15 is 0 Å². The van der Waals surface area contributed by atoms with Crippen molar-refractivity contribution >= 4 is 23.3 Å². The summed E-state index contributed by atoms with van der Waals surface area (Å²) in [5.74, 6) is 0.801. The Morgan fingerprint density at radius 1 is 1.10 bits per heavy atom. The number of halogens is 1. The van der Waals surface area contributed by atoms with Crippen LogP contribution in [0, 0.1) is 10.6 Å². The number of aromatic nitrogens is 2. The van der Waals surface area contributed by atoms with Crippen LogP contribution < -0.4 is 9.47 Å². The van der Waals surface area contributed by atoms with Gasteiger partial charge >= 0.3 is 0 Å². The smallest absolute Gasteiger partial charge is 0.182 e. The summed E-state index contributed by atoms with van der Waals surface area (Å²) < 4.78 is 26.7. The highest BCUT2D eigenvalue weighted by Gasteiger charge is 2.14. The number of nitrogens with one attached hydrogen (secondary N) is 1. The van der Waals surface area contributed by atoms with Crippen molar-refractivity contribution in [2.45, 2.75) is 0 Å². The molecule has 1 aromatic heterocycles. The average Bonchev–Trinajstić information content (AvgIpc) is 2.81. The third-order valence-electron chi connectivity index (χ3n) is 3.28. The first kappa shape index (κ1) is 13.6. The summed E-state index contributed by atoms with van der Waals surface area (Å²) in [7, 11) is 3.12. The molecule has 3 aromatic rings. The molecule has 1 N–H and O–H groups in total. The van der Waals surface area contributed by atoms with Gasteiger partial charge in [0.15, 0.2) is 16.3 Å². The highest BCUT2D eigenvalue weighted by Crippen LogP contribution is 2.33. The topological polar surface area (TPSA) is 39.2 Å². The zero-order valence-electron chi connectivity index (χ0n) is 11.5. The zero-order valence-corrected chi connectivity index (χ0v) is 12.3. The fourth-order valence-corrected chi connectivity index (χ4v) is 2.61. The molecule has 6 heteroatoms. The first-order valence-electron chi connectivity index (χ1n) is 6.27. The second kappa shape index (κ2) is 5.21. The van der Waals surface area contributed by atoms with E-state index in [1.54, 1.807) is 49.1 Å². The van der Waals surface area contributed by atoms with Gasteiger partial charge in [-0.25, -0.2) is 4.39 Å². The Kier molecular flexibility index (Phi) is 3.39. The standard InChI is InChI=1S/C15H13FN2O2S/c1-19-13-7-10-12(8-14(13)20-2)18(15(21)17-10)11-6-4-3-5-9(11)16/h3-8H,1-2H3,(H,17,21). The van der Waals surface area contributed by atoms with Crippen LogP contribution in [-0.4, -0.2) is 23.8 Å². The summed E-state index contributed by atoms with van der Waals surface area (Å²) in [6.45, 7) is 0. The molecule has 0 saturated heterocycles. The van der Waals surface area contributed by atoms with Gasteiger partial charge in [-0.1, -0.05) is 12.1 Å². The van der Waals surface area contributed by atoms with Crippen molar-refractivity contribution < 1.29 is 13.9 Å². The minimum absolute atomic E-state index is 0.343.